The fourth-order valence-electron chi connectivity index (χ4n) is 2.82. The van der Waals surface area contributed by atoms with Gasteiger partial charge in [0.15, 0.2) is 11.5 Å². The molecule has 27 heavy (non-hydrogen) atoms. The van der Waals surface area contributed by atoms with Gasteiger partial charge in [-0.2, -0.15) is 5.10 Å². The number of phenols is 1. The quantitative estimate of drug-likeness (QED) is 0.520. The normalized spacial score (nSPS) is 10.9. The molecule has 0 radical (unpaired) electrons. The molecule has 0 atom stereocenters. The van der Waals surface area contributed by atoms with Crippen LogP contribution in [0, 0.1) is 0 Å². The Bertz CT molecular complexity index is 885. The number of nitrogens with zero attached hydrogens (tertiary/aromatic N) is 1. The van der Waals surface area contributed by atoms with Crippen molar-refractivity contribution in [2.45, 2.75) is 5.92 Å². The number of rotatable bonds is 6. The molecule has 0 saturated carbocycles. The third-order valence-electron chi connectivity index (χ3n) is 4.16. The summed E-state index contributed by atoms with van der Waals surface area (Å²) < 4.78 is 5.07. The van der Waals surface area contributed by atoms with Crippen molar-refractivity contribution in [2.75, 3.05) is 7.11 Å². The molecule has 2 N–H and O–H groups in total. The number of nitrogens with one attached hydrogen (secondary N) is 1. The Kier molecular flexibility index (Phi) is 5.84. The zero-order valence-electron chi connectivity index (χ0n) is 14.9. The number of amides is 1. The summed E-state index contributed by atoms with van der Waals surface area (Å²) in [7, 11) is 1.47. The summed E-state index contributed by atoms with van der Waals surface area (Å²) in [5.41, 5.74) is 4.77. The number of ether oxygens (including phenoxy) is 1. The molecule has 0 aliphatic heterocycles. The van der Waals surface area contributed by atoms with Gasteiger partial charge in [-0.3, -0.25) is 4.79 Å². The van der Waals surface area contributed by atoms with Crippen LogP contribution >= 0.6 is 0 Å². The number of hydrazone groups is 1. The smallest absolute Gasteiger partial charge is 0.252 e. The van der Waals surface area contributed by atoms with Gasteiger partial charge in [0.1, 0.15) is 0 Å². The van der Waals surface area contributed by atoms with Gasteiger partial charge in [-0.1, -0.05) is 66.7 Å². The molecular weight excluding hydrogens is 340 g/mol. The number of para-hydroxylation sites is 1. The Morgan fingerprint density at radius 1 is 0.963 bits per heavy atom. The molecule has 0 fully saturated rings. The lowest BCUT2D eigenvalue weighted by Crippen LogP contribution is -2.26. The van der Waals surface area contributed by atoms with Gasteiger partial charge < -0.3 is 9.84 Å². The first kappa shape index (κ1) is 18.2. The number of phenolic OH excluding ortho intramolecular Hbond substituents is 1. The molecule has 136 valence electrons. The molecule has 5 nitrogen and oxygen atoms in total. The summed E-state index contributed by atoms with van der Waals surface area (Å²) in [6.45, 7) is 0. The average Bonchev–Trinajstić information content (AvgIpc) is 2.71. The van der Waals surface area contributed by atoms with Crippen molar-refractivity contribution in [3.63, 3.8) is 0 Å². The molecule has 5 heteroatoms. The highest BCUT2D eigenvalue weighted by Gasteiger charge is 2.22. The second-order valence-corrected chi connectivity index (χ2v) is 5.89. The van der Waals surface area contributed by atoms with Gasteiger partial charge in [-0.25, -0.2) is 5.43 Å². The first-order valence-corrected chi connectivity index (χ1v) is 8.49. The van der Waals surface area contributed by atoms with Crippen LogP contribution in [0.2, 0.25) is 0 Å². The van der Waals surface area contributed by atoms with Crippen LogP contribution < -0.4 is 10.2 Å². The van der Waals surface area contributed by atoms with E-state index in [9.17, 15) is 9.90 Å². The number of hydrogen-bond donors (Lipinski definition) is 2. The van der Waals surface area contributed by atoms with Gasteiger partial charge in [-0.15, -0.1) is 0 Å². The molecule has 0 spiro atoms. The van der Waals surface area contributed by atoms with Crippen molar-refractivity contribution >= 4 is 12.1 Å². The lowest BCUT2D eigenvalue weighted by molar-refractivity contribution is -0.121. The molecule has 1 amide bonds. The van der Waals surface area contributed by atoms with Crippen LogP contribution in [-0.2, 0) is 4.79 Å². The molecule has 0 aromatic heterocycles. The van der Waals surface area contributed by atoms with E-state index in [2.05, 4.69) is 10.5 Å². The van der Waals surface area contributed by atoms with Crippen molar-refractivity contribution in [2.24, 2.45) is 5.10 Å². The van der Waals surface area contributed by atoms with Crippen LogP contribution in [0.1, 0.15) is 22.6 Å². The summed E-state index contributed by atoms with van der Waals surface area (Å²) in [5.74, 6) is -0.424. The fraction of sp³-hybridized carbons (Fsp3) is 0.0909. The molecule has 0 unspecified atom stereocenters. The van der Waals surface area contributed by atoms with Gasteiger partial charge in [0.25, 0.3) is 5.91 Å². The van der Waals surface area contributed by atoms with E-state index >= 15 is 0 Å². The largest absolute Gasteiger partial charge is 0.504 e. The standard InChI is InChI=1S/C22H20N2O3/c1-27-19-14-8-13-18(21(19)25)15-23-24-22(26)20(16-9-4-2-5-10-16)17-11-6-3-7-12-17/h2-15,20,25H,1H3,(H,24,26)/b23-15+. The first-order chi connectivity index (χ1) is 13.2. The lowest BCUT2D eigenvalue weighted by Gasteiger charge is -2.16. The number of hydrogen-bond acceptors (Lipinski definition) is 4. The molecular formula is C22H20N2O3. The van der Waals surface area contributed by atoms with E-state index in [1.54, 1.807) is 18.2 Å². The van der Waals surface area contributed by atoms with Gasteiger partial charge >= 0.3 is 0 Å². The van der Waals surface area contributed by atoms with Crippen molar-refractivity contribution < 1.29 is 14.6 Å². The van der Waals surface area contributed by atoms with E-state index in [0.717, 1.165) is 11.1 Å². The second-order valence-electron chi connectivity index (χ2n) is 5.89. The second kappa shape index (κ2) is 8.67. The molecule has 3 aromatic rings. The topological polar surface area (TPSA) is 70.9 Å². The number of methoxy groups -OCH3 is 1. The van der Waals surface area contributed by atoms with Crippen LogP contribution in [0.25, 0.3) is 0 Å². The summed E-state index contributed by atoms with van der Waals surface area (Å²) in [5, 5.41) is 14.1. The summed E-state index contributed by atoms with van der Waals surface area (Å²) in [6.07, 6.45) is 1.39. The number of benzene rings is 3. The van der Waals surface area contributed by atoms with Crippen LogP contribution in [0.4, 0.5) is 0 Å². The first-order valence-electron chi connectivity index (χ1n) is 8.49. The predicted octanol–water partition coefficient (Wildman–Crippen LogP) is 3.68. The van der Waals surface area contributed by atoms with Gasteiger partial charge in [0.05, 0.1) is 19.2 Å². The van der Waals surface area contributed by atoms with Gasteiger partial charge in [-0.05, 0) is 23.3 Å². The highest BCUT2D eigenvalue weighted by molar-refractivity contribution is 5.89. The molecule has 0 aliphatic carbocycles. The highest BCUT2D eigenvalue weighted by atomic mass is 16.5. The number of carbonyl (C=O) groups is 1. The van der Waals surface area contributed by atoms with E-state index in [-0.39, 0.29) is 11.7 Å². The maximum Gasteiger partial charge on any atom is 0.252 e. The Labute approximate surface area is 157 Å². The third-order valence-corrected chi connectivity index (χ3v) is 4.16. The lowest BCUT2D eigenvalue weighted by atomic mass is 9.91. The zero-order valence-corrected chi connectivity index (χ0v) is 14.9. The number of aromatic hydroxyl groups is 1. The van der Waals surface area contributed by atoms with Crippen LogP contribution in [0.5, 0.6) is 11.5 Å². The van der Waals surface area contributed by atoms with Crippen molar-refractivity contribution in [3.8, 4) is 11.5 Å². The fourth-order valence-corrected chi connectivity index (χ4v) is 2.82. The molecule has 3 rings (SSSR count). The Hall–Kier alpha value is -3.60. The Morgan fingerprint density at radius 3 is 2.11 bits per heavy atom. The van der Waals surface area contributed by atoms with Gasteiger partial charge in [0.2, 0.25) is 0 Å². The summed E-state index contributed by atoms with van der Waals surface area (Å²) in [4.78, 5) is 12.8. The minimum absolute atomic E-state index is 0.0272. The van der Waals surface area contributed by atoms with E-state index in [0.29, 0.717) is 11.3 Å². The van der Waals surface area contributed by atoms with E-state index < -0.39 is 5.92 Å². The SMILES string of the molecule is COc1cccc(/C=N/NC(=O)C(c2ccccc2)c2ccccc2)c1O. The summed E-state index contributed by atoms with van der Waals surface area (Å²) >= 11 is 0. The maximum absolute atomic E-state index is 12.8. The molecule has 0 heterocycles. The van der Waals surface area contributed by atoms with Crippen LogP contribution in [0.15, 0.2) is 84.0 Å². The van der Waals surface area contributed by atoms with Crippen molar-refractivity contribution in [1.29, 1.82) is 0 Å². The van der Waals surface area contributed by atoms with Crippen LogP contribution in [0.3, 0.4) is 0 Å². The Balaban J connectivity index is 1.82. The average molecular weight is 360 g/mol. The maximum atomic E-state index is 12.8. The molecule has 3 aromatic carbocycles. The van der Waals surface area contributed by atoms with Crippen molar-refractivity contribution in [3.05, 3.63) is 95.6 Å². The van der Waals surface area contributed by atoms with E-state index in [4.69, 9.17) is 4.74 Å². The number of carbonyl (C=O) groups excluding carboxylic acids is 1. The minimum atomic E-state index is -0.483. The van der Waals surface area contributed by atoms with Gasteiger partial charge in [0, 0.05) is 5.56 Å². The Morgan fingerprint density at radius 2 is 1.56 bits per heavy atom. The third kappa shape index (κ3) is 4.33. The zero-order chi connectivity index (χ0) is 19.1. The molecule has 0 saturated heterocycles. The molecule has 0 aliphatic rings. The van der Waals surface area contributed by atoms with E-state index in [1.165, 1.54) is 13.3 Å². The minimum Gasteiger partial charge on any atom is -0.504 e. The molecule has 0 bridgehead atoms. The predicted molar refractivity (Wildman–Crippen MR) is 105 cm³/mol. The highest BCUT2D eigenvalue weighted by Crippen LogP contribution is 2.28. The van der Waals surface area contributed by atoms with Crippen LogP contribution in [-0.4, -0.2) is 24.3 Å². The summed E-state index contributed by atoms with van der Waals surface area (Å²) in [6, 6.07) is 24.1. The van der Waals surface area contributed by atoms with E-state index in [1.807, 2.05) is 60.7 Å². The van der Waals surface area contributed by atoms with Crippen molar-refractivity contribution in [1.82, 2.24) is 5.43 Å². The monoisotopic (exact) mass is 360 g/mol.